The maximum absolute atomic E-state index is 5.73. The Labute approximate surface area is 129 Å². The van der Waals surface area contributed by atoms with Gasteiger partial charge in [0.2, 0.25) is 5.88 Å². The second-order valence-corrected chi connectivity index (χ2v) is 4.70. The Kier molecular flexibility index (Phi) is 4.32. The number of hydrogen-bond acceptors (Lipinski definition) is 4. The minimum absolute atomic E-state index is 0.471. The molecule has 1 aromatic heterocycles. The second-order valence-electron chi connectivity index (χ2n) is 4.70. The van der Waals surface area contributed by atoms with Crippen molar-refractivity contribution in [3.63, 3.8) is 0 Å². The van der Waals surface area contributed by atoms with Crippen LogP contribution in [-0.2, 0) is 6.54 Å². The Bertz CT molecular complexity index is 710. The molecule has 0 aliphatic rings. The van der Waals surface area contributed by atoms with E-state index in [1.54, 1.807) is 12.3 Å². The third-order valence-corrected chi connectivity index (χ3v) is 3.06. The van der Waals surface area contributed by atoms with Crippen molar-refractivity contribution >= 4 is 0 Å². The smallest absolute Gasteiger partial charge is 0.219 e. The first-order valence-corrected chi connectivity index (χ1v) is 6.99. The van der Waals surface area contributed by atoms with Crippen molar-refractivity contribution in [3.05, 3.63) is 78.5 Å². The van der Waals surface area contributed by atoms with Crippen LogP contribution in [0.5, 0.6) is 23.1 Å². The first-order valence-electron chi connectivity index (χ1n) is 6.99. The van der Waals surface area contributed by atoms with Gasteiger partial charge in [0.1, 0.15) is 17.2 Å². The summed E-state index contributed by atoms with van der Waals surface area (Å²) >= 11 is 0. The van der Waals surface area contributed by atoms with E-state index in [-0.39, 0.29) is 0 Å². The summed E-state index contributed by atoms with van der Waals surface area (Å²) in [7, 11) is 0. The summed E-state index contributed by atoms with van der Waals surface area (Å²) in [6.07, 6.45) is 1.71. The lowest BCUT2D eigenvalue weighted by atomic mass is 10.3. The second kappa shape index (κ2) is 6.74. The first kappa shape index (κ1) is 14.1. The standard InChI is InChI=1S/C18H16N2O2/c19-12-14-6-11-18(20-13-14)22-17-9-7-16(8-10-17)21-15-4-2-1-3-5-15/h1-11,13H,12,19H2. The average Bonchev–Trinajstić information content (AvgIpc) is 2.58. The fraction of sp³-hybridized carbons (Fsp3) is 0.0556. The molecule has 4 heteroatoms. The van der Waals surface area contributed by atoms with Gasteiger partial charge in [-0.15, -0.1) is 0 Å². The van der Waals surface area contributed by atoms with Gasteiger partial charge in [-0.3, -0.25) is 0 Å². The van der Waals surface area contributed by atoms with Gasteiger partial charge in [0.25, 0.3) is 0 Å². The molecule has 0 atom stereocenters. The van der Waals surface area contributed by atoms with Crippen LogP contribution in [0.4, 0.5) is 0 Å². The molecule has 3 aromatic rings. The van der Waals surface area contributed by atoms with Gasteiger partial charge in [-0.1, -0.05) is 24.3 Å². The summed E-state index contributed by atoms with van der Waals surface area (Å²) in [4.78, 5) is 4.20. The number of hydrogen-bond donors (Lipinski definition) is 1. The Morgan fingerprint density at radius 2 is 1.36 bits per heavy atom. The minimum Gasteiger partial charge on any atom is -0.457 e. The molecule has 0 radical (unpaired) electrons. The van der Waals surface area contributed by atoms with Crippen molar-refractivity contribution in [2.75, 3.05) is 0 Å². The van der Waals surface area contributed by atoms with Gasteiger partial charge >= 0.3 is 0 Å². The lowest BCUT2D eigenvalue weighted by Gasteiger charge is -2.08. The summed E-state index contributed by atoms with van der Waals surface area (Å²) in [5.41, 5.74) is 6.51. The highest BCUT2D eigenvalue weighted by Gasteiger charge is 2.01. The zero-order chi connectivity index (χ0) is 15.2. The molecule has 22 heavy (non-hydrogen) atoms. The molecule has 0 saturated carbocycles. The number of rotatable bonds is 5. The molecule has 0 aliphatic carbocycles. The highest BCUT2D eigenvalue weighted by Crippen LogP contribution is 2.25. The number of nitrogens with two attached hydrogens (primary N) is 1. The van der Waals surface area contributed by atoms with Crippen LogP contribution in [0.15, 0.2) is 72.9 Å². The summed E-state index contributed by atoms with van der Waals surface area (Å²) in [5.74, 6) is 2.79. The number of nitrogens with zero attached hydrogens (tertiary/aromatic N) is 1. The zero-order valence-electron chi connectivity index (χ0n) is 12.0. The molecule has 0 bridgehead atoms. The molecule has 0 amide bonds. The van der Waals surface area contributed by atoms with Crippen molar-refractivity contribution in [2.45, 2.75) is 6.54 Å². The molecule has 0 saturated heterocycles. The molecule has 0 spiro atoms. The van der Waals surface area contributed by atoms with Crippen molar-refractivity contribution in [3.8, 4) is 23.1 Å². The van der Waals surface area contributed by atoms with Crippen LogP contribution < -0.4 is 15.2 Å². The third kappa shape index (κ3) is 3.62. The molecule has 0 unspecified atom stereocenters. The van der Waals surface area contributed by atoms with Crippen LogP contribution in [-0.4, -0.2) is 4.98 Å². The zero-order valence-corrected chi connectivity index (χ0v) is 12.0. The SMILES string of the molecule is NCc1ccc(Oc2ccc(Oc3ccccc3)cc2)nc1. The van der Waals surface area contributed by atoms with E-state index in [9.17, 15) is 0 Å². The van der Waals surface area contributed by atoms with Gasteiger partial charge in [-0.2, -0.15) is 0 Å². The van der Waals surface area contributed by atoms with Crippen molar-refractivity contribution in [1.82, 2.24) is 4.98 Å². The number of ether oxygens (including phenoxy) is 2. The Morgan fingerprint density at radius 1 is 0.727 bits per heavy atom. The number of para-hydroxylation sites is 1. The Morgan fingerprint density at radius 3 is 1.95 bits per heavy atom. The Hall–Kier alpha value is -2.85. The molecular weight excluding hydrogens is 276 g/mol. The summed E-state index contributed by atoms with van der Waals surface area (Å²) in [5, 5.41) is 0. The van der Waals surface area contributed by atoms with Crippen molar-refractivity contribution in [2.24, 2.45) is 5.73 Å². The van der Waals surface area contributed by atoms with Crippen LogP contribution in [0.25, 0.3) is 0 Å². The van der Waals surface area contributed by atoms with Crippen LogP contribution >= 0.6 is 0 Å². The highest BCUT2D eigenvalue weighted by molar-refractivity contribution is 5.36. The molecule has 3 rings (SSSR count). The molecule has 1 heterocycles. The molecule has 0 aliphatic heterocycles. The van der Waals surface area contributed by atoms with E-state index in [4.69, 9.17) is 15.2 Å². The van der Waals surface area contributed by atoms with Gasteiger partial charge in [0.05, 0.1) is 0 Å². The maximum Gasteiger partial charge on any atom is 0.219 e. The summed E-state index contributed by atoms with van der Waals surface area (Å²) < 4.78 is 11.4. The predicted octanol–water partition coefficient (Wildman–Crippen LogP) is 4.12. The van der Waals surface area contributed by atoms with Gasteiger partial charge in [-0.05, 0) is 42.0 Å². The number of aromatic nitrogens is 1. The highest BCUT2D eigenvalue weighted by atomic mass is 16.5. The van der Waals surface area contributed by atoms with E-state index >= 15 is 0 Å². The molecular formula is C18H16N2O2. The van der Waals surface area contributed by atoms with Crippen LogP contribution in [0.3, 0.4) is 0 Å². The summed E-state index contributed by atoms with van der Waals surface area (Å²) in [6, 6.07) is 20.7. The van der Waals surface area contributed by atoms with Crippen LogP contribution in [0.2, 0.25) is 0 Å². The monoisotopic (exact) mass is 292 g/mol. The van der Waals surface area contributed by atoms with Crippen LogP contribution in [0, 0.1) is 0 Å². The minimum atomic E-state index is 0.471. The Balaban J connectivity index is 1.66. The van der Waals surface area contributed by atoms with E-state index in [1.807, 2.05) is 60.7 Å². The van der Waals surface area contributed by atoms with Crippen molar-refractivity contribution < 1.29 is 9.47 Å². The molecule has 2 aromatic carbocycles. The lowest BCUT2D eigenvalue weighted by Crippen LogP contribution is -1.97. The number of benzene rings is 2. The van der Waals surface area contributed by atoms with Gasteiger partial charge < -0.3 is 15.2 Å². The van der Waals surface area contributed by atoms with E-state index in [1.165, 1.54) is 0 Å². The average molecular weight is 292 g/mol. The fourth-order valence-electron chi connectivity index (χ4n) is 1.91. The molecule has 4 nitrogen and oxygen atoms in total. The van der Waals surface area contributed by atoms with Crippen LogP contribution in [0.1, 0.15) is 5.56 Å². The van der Waals surface area contributed by atoms with E-state index < -0.39 is 0 Å². The van der Waals surface area contributed by atoms with E-state index in [0.717, 1.165) is 17.1 Å². The van der Waals surface area contributed by atoms with Crippen molar-refractivity contribution in [1.29, 1.82) is 0 Å². The van der Waals surface area contributed by atoms with E-state index in [0.29, 0.717) is 18.2 Å². The lowest BCUT2D eigenvalue weighted by molar-refractivity contribution is 0.456. The normalized spacial score (nSPS) is 10.2. The third-order valence-electron chi connectivity index (χ3n) is 3.06. The quantitative estimate of drug-likeness (QED) is 0.768. The topological polar surface area (TPSA) is 57.4 Å². The first-order chi connectivity index (χ1) is 10.8. The maximum atomic E-state index is 5.73. The molecule has 2 N–H and O–H groups in total. The fourth-order valence-corrected chi connectivity index (χ4v) is 1.91. The largest absolute Gasteiger partial charge is 0.457 e. The van der Waals surface area contributed by atoms with Gasteiger partial charge in [0.15, 0.2) is 0 Å². The molecule has 110 valence electrons. The van der Waals surface area contributed by atoms with Gasteiger partial charge in [-0.25, -0.2) is 4.98 Å². The predicted molar refractivity (Wildman–Crippen MR) is 85.2 cm³/mol. The summed E-state index contributed by atoms with van der Waals surface area (Å²) in [6.45, 7) is 0.471. The molecule has 0 fully saturated rings. The van der Waals surface area contributed by atoms with Gasteiger partial charge in [0, 0.05) is 18.8 Å². The number of pyridine rings is 1. The van der Waals surface area contributed by atoms with E-state index in [2.05, 4.69) is 4.98 Å².